The molecule has 3 heterocycles. The molecule has 0 spiro atoms. The molecule has 5 fully saturated rings. The number of hydrogen-bond acceptors (Lipinski definition) is 6. The van der Waals surface area contributed by atoms with Gasteiger partial charge in [-0.1, -0.05) is 36.4 Å². The molecule has 256 valence electrons. The molecule has 0 aromatic heterocycles. The maximum atomic E-state index is 13.2. The zero-order valence-electron chi connectivity index (χ0n) is 29.1. The number of carbonyl (C=O) groups is 4. The standard InChI is InChI=1S/C21H29BN2O4.C16H20N2O2/c1-20(2)21(3,4)28-22(27-20)17-8-6-5-7-16(17)19(26)24-13-11-23(12-14-24)18(25)15-9-10-15;1-12-4-2-3-5-14(12)16(20)18-10-8-17(9-11-18)15(19)13-6-7-13/h5-8,15H,9-14H2,1-4H3;2-5,13H,6-11H2,1H3. The summed E-state index contributed by atoms with van der Waals surface area (Å²) in [5, 5.41) is 0. The summed E-state index contributed by atoms with van der Waals surface area (Å²) in [7, 11) is -0.567. The maximum Gasteiger partial charge on any atom is 0.495 e. The third-order valence-corrected chi connectivity index (χ3v) is 10.7. The second-order valence-electron chi connectivity index (χ2n) is 14.8. The van der Waals surface area contributed by atoms with Crippen LogP contribution in [0.4, 0.5) is 0 Å². The van der Waals surface area contributed by atoms with Crippen molar-refractivity contribution in [2.45, 2.75) is 71.5 Å². The first-order valence-electron chi connectivity index (χ1n) is 17.5. The van der Waals surface area contributed by atoms with E-state index in [1.807, 2.05) is 103 Å². The van der Waals surface area contributed by atoms with Crippen molar-refractivity contribution in [2.24, 2.45) is 11.8 Å². The van der Waals surface area contributed by atoms with Crippen molar-refractivity contribution in [3.63, 3.8) is 0 Å². The molecule has 5 aliphatic rings. The Hall–Kier alpha value is -3.70. The number of benzene rings is 2. The molecule has 4 amide bonds. The predicted octanol–water partition coefficient (Wildman–Crippen LogP) is 3.37. The molecule has 10 nitrogen and oxygen atoms in total. The zero-order valence-corrected chi connectivity index (χ0v) is 29.1. The first kappa shape index (κ1) is 34.2. The van der Waals surface area contributed by atoms with E-state index in [0.717, 1.165) is 42.3 Å². The lowest BCUT2D eigenvalue weighted by atomic mass is 9.75. The van der Waals surface area contributed by atoms with Crippen LogP contribution in [-0.4, -0.2) is 114 Å². The van der Waals surface area contributed by atoms with Gasteiger partial charge in [-0.25, -0.2) is 0 Å². The Morgan fingerprint density at radius 3 is 1.40 bits per heavy atom. The van der Waals surface area contributed by atoms with Crippen LogP contribution in [-0.2, 0) is 18.9 Å². The first-order chi connectivity index (χ1) is 22.9. The van der Waals surface area contributed by atoms with E-state index in [4.69, 9.17) is 9.31 Å². The van der Waals surface area contributed by atoms with Crippen molar-refractivity contribution < 1.29 is 28.5 Å². The second-order valence-corrected chi connectivity index (χ2v) is 14.8. The van der Waals surface area contributed by atoms with Gasteiger partial charge in [-0.05, 0) is 83.5 Å². The number of carbonyl (C=O) groups excluding carboxylic acids is 4. The average Bonchev–Trinajstić information content (AvgIpc) is 4.02. The molecule has 7 rings (SSSR count). The number of rotatable bonds is 5. The molecular formula is C37H49BN4O6. The lowest BCUT2D eigenvalue weighted by Crippen LogP contribution is -2.52. The van der Waals surface area contributed by atoms with Crippen molar-refractivity contribution in [1.82, 2.24) is 19.6 Å². The van der Waals surface area contributed by atoms with Crippen LogP contribution in [0.5, 0.6) is 0 Å². The highest BCUT2D eigenvalue weighted by atomic mass is 16.7. The molecule has 0 radical (unpaired) electrons. The topological polar surface area (TPSA) is 99.7 Å². The quantitative estimate of drug-likeness (QED) is 0.458. The van der Waals surface area contributed by atoms with Crippen molar-refractivity contribution in [1.29, 1.82) is 0 Å². The molecule has 11 heteroatoms. The van der Waals surface area contributed by atoms with E-state index in [0.29, 0.717) is 57.9 Å². The number of piperazine rings is 2. The highest BCUT2D eigenvalue weighted by Crippen LogP contribution is 2.37. The molecule has 0 bridgehead atoms. The van der Waals surface area contributed by atoms with Gasteiger partial charge in [0.15, 0.2) is 0 Å². The summed E-state index contributed by atoms with van der Waals surface area (Å²) in [6.07, 6.45) is 4.11. The fourth-order valence-corrected chi connectivity index (χ4v) is 6.46. The highest BCUT2D eigenvalue weighted by Gasteiger charge is 2.52. The predicted molar refractivity (Wildman–Crippen MR) is 184 cm³/mol. The third kappa shape index (κ3) is 7.32. The van der Waals surface area contributed by atoms with Crippen LogP contribution >= 0.6 is 0 Å². The molecule has 0 unspecified atom stereocenters. The molecule has 0 N–H and O–H groups in total. The number of amides is 4. The minimum absolute atomic E-state index is 0.0242. The van der Waals surface area contributed by atoms with Gasteiger partial charge in [0.05, 0.1) is 11.2 Å². The van der Waals surface area contributed by atoms with Gasteiger partial charge in [-0.3, -0.25) is 19.2 Å². The van der Waals surface area contributed by atoms with E-state index in [1.165, 1.54) is 0 Å². The van der Waals surface area contributed by atoms with Crippen LogP contribution in [0.1, 0.15) is 79.7 Å². The summed E-state index contributed by atoms with van der Waals surface area (Å²) in [6.45, 7) is 15.0. The van der Waals surface area contributed by atoms with Gasteiger partial charge in [0.25, 0.3) is 11.8 Å². The molecule has 3 aliphatic heterocycles. The fourth-order valence-electron chi connectivity index (χ4n) is 6.46. The Bertz CT molecular complexity index is 1520. The number of hydrogen-bond donors (Lipinski definition) is 0. The van der Waals surface area contributed by atoms with E-state index in [-0.39, 0.29) is 35.5 Å². The first-order valence-corrected chi connectivity index (χ1v) is 17.5. The Labute approximate surface area is 284 Å². The average molecular weight is 657 g/mol. The lowest BCUT2D eigenvalue weighted by Gasteiger charge is -2.35. The minimum Gasteiger partial charge on any atom is -0.399 e. The van der Waals surface area contributed by atoms with Crippen LogP contribution in [0.3, 0.4) is 0 Å². The minimum atomic E-state index is -0.567. The van der Waals surface area contributed by atoms with Crippen LogP contribution < -0.4 is 5.46 Å². The summed E-state index contributed by atoms with van der Waals surface area (Å²) < 4.78 is 12.3. The van der Waals surface area contributed by atoms with E-state index >= 15 is 0 Å². The molecule has 2 aliphatic carbocycles. The van der Waals surface area contributed by atoms with Gasteiger partial charge in [0.1, 0.15) is 0 Å². The van der Waals surface area contributed by atoms with Crippen molar-refractivity contribution in [2.75, 3.05) is 52.4 Å². The van der Waals surface area contributed by atoms with Crippen LogP contribution in [0.25, 0.3) is 0 Å². The molecule has 0 atom stereocenters. The van der Waals surface area contributed by atoms with Gasteiger partial charge < -0.3 is 28.9 Å². The Balaban J connectivity index is 0.000000177. The van der Waals surface area contributed by atoms with E-state index < -0.39 is 18.3 Å². The van der Waals surface area contributed by atoms with Gasteiger partial charge in [-0.2, -0.15) is 0 Å². The van der Waals surface area contributed by atoms with Gasteiger partial charge in [0, 0.05) is 75.3 Å². The van der Waals surface area contributed by atoms with Crippen molar-refractivity contribution in [3.8, 4) is 0 Å². The van der Waals surface area contributed by atoms with Gasteiger partial charge >= 0.3 is 7.12 Å². The Kier molecular flexibility index (Phi) is 9.73. The van der Waals surface area contributed by atoms with Crippen molar-refractivity contribution in [3.05, 3.63) is 65.2 Å². The summed E-state index contributed by atoms with van der Waals surface area (Å²) in [6, 6.07) is 15.2. The SMILES string of the molecule is CC1(C)OB(c2ccccc2C(=O)N2CCN(C(=O)C3CC3)CC2)OC1(C)C.Cc1ccccc1C(=O)N1CCN(C(=O)C2CC2)CC1. The van der Waals surface area contributed by atoms with Crippen LogP contribution in [0.2, 0.25) is 0 Å². The van der Waals surface area contributed by atoms with E-state index in [1.54, 1.807) is 0 Å². The fraction of sp³-hybridized carbons (Fsp3) is 0.568. The summed E-state index contributed by atoms with van der Waals surface area (Å²) in [4.78, 5) is 57.4. The molecule has 2 aromatic carbocycles. The maximum absolute atomic E-state index is 13.2. The third-order valence-electron chi connectivity index (χ3n) is 10.7. The zero-order chi connectivity index (χ0) is 34.2. The molecule has 2 saturated carbocycles. The summed E-state index contributed by atoms with van der Waals surface area (Å²) in [5.41, 5.74) is 2.25. The Morgan fingerprint density at radius 2 is 0.958 bits per heavy atom. The summed E-state index contributed by atoms with van der Waals surface area (Å²) in [5.74, 6) is 1.10. The second kappa shape index (κ2) is 13.7. The molecular weight excluding hydrogens is 607 g/mol. The van der Waals surface area contributed by atoms with Crippen LogP contribution in [0.15, 0.2) is 48.5 Å². The summed E-state index contributed by atoms with van der Waals surface area (Å²) >= 11 is 0. The normalized spacial score (nSPS) is 21.8. The van der Waals surface area contributed by atoms with Gasteiger partial charge in [0.2, 0.25) is 11.8 Å². The molecule has 2 aromatic rings. The highest BCUT2D eigenvalue weighted by molar-refractivity contribution is 6.63. The number of nitrogens with zero attached hydrogens (tertiary/aromatic N) is 4. The largest absolute Gasteiger partial charge is 0.495 e. The molecule has 3 saturated heterocycles. The van der Waals surface area contributed by atoms with E-state index in [9.17, 15) is 19.2 Å². The van der Waals surface area contributed by atoms with Crippen LogP contribution in [0, 0.1) is 18.8 Å². The molecule has 48 heavy (non-hydrogen) atoms. The van der Waals surface area contributed by atoms with Crippen molar-refractivity contribution >= 4 is 36.2 Å². The smallest absolute Gasteiger partial charge is 0.399 e. The van der Waals surface area contributed by atoms with Gasteiger partial charge in [-0.15, -0.1) is 0 Å². The lowest BCUT2D eigenvalue weighted by molar-refractivity contribution is -0.134. The monoisotopic (exact) mass is 656 g/mol. The number of aryl methyl sites for hydroxylation is 1. The Morgan fingerprint density at radius 1 is 0.583 bits per heavy atom. The van der Waals surface area contributed by atoms with E-state index in [2.05, 4.69) is 0 Å².